The van der Waals surface area contributed by atoms with Crippen molar-refractivity contribution >= 4 is 36.0 Å². The normalized spacial score (nSPS) is 12.7. The molecule has 0 atom stereocenters. The van der Waals surface area contributed by atoms with Crippen molar-refractivity contribution in [1.29, 1.82) is 0 Å². The van der Waals surface area contributed by atoms with Crippen LogP contribution in [0.25, 0.3) is 11.0 Å². The summed E-state index contributed by atoms with van der Waals surface area (Å²) in [6, 6.07) is 4.58. The van der Waals surface area contributed by atoms with Gasteiger partial charge in [-0.25, -0.2) is 0 Å². The monoisotopic (exact) mass is 352 g/mol. The second kappa shape index (κ2) is 5.64. The summed E-state index contributed by atoms with van der Waals surface area (Å²) >= 11 is -0.348. The van der Waals surface area contributed by atoms with Gasteiger partial charge in [0.25, 0.3) is 0 Å². The zero-order chi connectivity index (χ0) is 14.0. The minimum absolute atomic E-state index is 0.116. The second-order valence-electron chi connectivity index (χ2n) is 4.21. The fraction of sp³-hybridized carbons (Fsp3) is 0.400. The maximum atomic E-state index is 13.8. The summed E-state index contributed by atoms with van der Waals surface area (Å²) in [5, 5.41) is 0. The van der Waals surface area contributed by atoms with E-state index < -0.39 is 10.0 Å². The molecule has 2 aromatic rings. The molecule has 0 saturated heterocycles. The molecule has 0 amide bonds. The van der Waals surface area contributed by atoms with Crippen molar-refractivity contribution in [3.05, 3.63) is 18.2 Å². The van der Waals surface area contributed by atoms with Crippen molar-refractivity contribution in [3.63, 3.8) is 0 Å². The Labute approximate surface area is 117 Å². The first-order valence-electron chi connectivity index (χ1n) is 5.47. The van der Waals surface area contributed by atoms with Crippen LogP contribution in [0.1, 0.15) is 0 Å². The average Bonchev–Trinajstić information content (AvgIpc) is 2.83. The van der Waals surface area contributed by atoms with Gasteiger partial charge in [-0.05, 0) is 0 Å². The van der Waals surface area contributed by atoms with Crippen molar-refractivity contribution in [2.75, 3.05) is 27.2 Å². The van der Waals surface area contributed by atoms with E-state index in [1.54, 1.807) is 31.1 Å². The van der Waals surface area contributed by atoms with E-state index in [-0.39, 0.29) is 36.4 Å². The number of nitrogens with zero attached hydrogens (tertiary/aromatic N) is 4. The Morgan fingerprint density at radius 2 is 2.00 bits per heavy atom. The van der Waals surface area contributed by atoms with Crippen LogP contribution in [-0.2, 0) is 10.0 Å². The number of aromatic nitrogens is 2. The molecule has 1 aromatic heterocycles. The quantitative estimate of drug-likeness (QED) is 0.566. The van der Waals surface area contributed by atoms with Gasteiger partial charge in [0, 0.05) is 0 Å². The minimum atomic E-state index is -4.16. The number of benzene rings is 1. The van der Waals surface area contributed by atoms with E-state index in [9.17, 15) is 12.9 Å². The molecular formula is C10H13FN4O2SSe. The molecule has 9 heteroatoms. The van der Waals surface area contributed by atoms with Crippen LogP contribution >= 0.6 is 0 Å². The fourth-order valence-corrected chi connectivity index (χ4v) is 3.96. The van der Waals surface area contributed by atoms with Crippen LogP contribution in [0.15, 0.2) is 23.1 Å². The number of likely N-dealkylation sites (N-methyl/N-ethyl adjacent to an activating group) is 1. The van der Waals surface area contributed by atoms with Crippen molar-refractivity contribution in [2.24, 2.45) is 0 Å². The Kier molecular flexibility index (Phi) is 4.32. The van der Waals surface area contributed by atoms with Gasteiger partial charge in [-0.1, -0.05) is 0 Å². The Balaban J connectivity index is 2.36. The van der Waals surface area contributed by atoms with Gasteiger partial charge in [0.05, 0.1) is 0 Å². The molecule has 0 saturated carbocycles. The predicted octanol–water partition coefficient (Wildman–Crippen LogP) is 0.124. The summed E-state index contributed by atoms with van der Waals surface area (Å²) < 4.78 is 46.1. The zero-order valence-corrected chi connectivity index (χ0v) is 13.0. The molecule has 0 bridgehead atoms. The van der Waals surface area contributed by atoms with Gasteiger partial charge in [-0.15, -0.1) is 0 Å². The number of halogens is 1. The van der Waals surface area contributed by atoms with Gasteiger partial charge < -0.3 is 0 Å². The Bertz CT molecular complexity index is 673. The molecule has 0 radical (unpaired) electrons. The molecule has 0 fully saturated rings. The van der Waals surface area contributed by atoms with Gasteiger partial charge in [0.15, 0.2) is 0 Å². The van der Waals surface area contributed by atoms with Gasteiger partial charge in [0.2, 0.25) is 0 Å². The number of hydrogen-bond donors (Lipinski definition) is 0. The van der Waals surface area contributed by atoms with Gasteiger partial charge >= 0.3 is 117 Å². The third-order valence-electron chi connectivity index (χ3n) is 2.51. The Hall–Kier alpha value is -0.861. The van der Waals surface area contributed by atoms with Crippen LogP contribution in [0.3, 0.4) is 0 Å². The first-order chi connectivity index (χ1) is 8.93. The Morgan fingerprint density at radius 3 is 2.68 bits per heavy atom. The van der Waals surface area contributed by atoms with Crippen molar-refractivity contribution in [2.45, 2.75) is 4.90 Å². The third-order valence-corrected chi connectivity index (χ3v) is 5.24. The molecule has 0 unspecified atom stereocenters. The van der Waals surface area contributed by atoms with E-state index in [4.69, 9.17) is 0 Å². The van der Waals surface area contributed by atoms with Crippen molar-refractivity contribution in [3.8, 4) is 0 Å². The molecule has 6 nitrogen and oxygen atoms in total. The molecule has 0 aliphatic rings. The zero-order valence-electron chi connectivity index (χ0n) is 10.4. The van der Waals surface area contributed by atoms with Gasteiger partial charge in [-0.2, -0.15) is 0 Å². The molecule has 0 spiro atoms. The molecule has 2 rings (SSSR count). The summed E-state index contributed by atoms with van der Waals surface area (Å²) in [5.74, 6) is 0. The van der Waals surface area contributed by atoms with Crippen LogP contribution < -0.4 is 0 Å². The standard InChI is InChI=1S/C10H13FN4O2SSe/c1-14(2)6-7-15(11)18(16,17)9-5-3-4-8-10(9)13-19-12-8/h3-5H,6-7H2,1-2H3. The molecule has 0 aliphatic heterocycles. The van der Waals surface area contributed by atoms with Crippen LogP contribution in [0.4, 0.5) is 4.48 Å². The number of fused-ring (bicyclic) bond motifs is 1. The van der Waals surface area contributed by atoms with Crippen LogP contribution in [0, 0.1) is 0 Å². The molecule has 1 heterocycles. The molecular weight excluding hydrogens is 338 g/mol. The first-order valence-corrected chi connectivity index (χ1v) is 8.44. The predicted molar refractivity (Wildman–Crippen MR) is 70.0 cm³/mol. The third kappa shape index (κ3) is 3.01. The molecule has 104 valence electrons. The summed E-state index contributed by atoms with van der Waals surface area (Å²) in [6.07, 6.45) is 0. The number of rotatable bonds is 5. The van der Waals surface area contributed by atoms with Crippen molar-refractivity contribution < 1.29 is 12.9 Å². The first kappa shape index (κ1) is 14.5. The Morgan fingerprint density at radius 1 is 1.26 bits per heavy atom. The molecule has 19 heavy (non-hydrogen) atoms. The van der Waals surface area contributed by atoms with E-state index in [2.05, 4.69) is 7.96 Å². The van der Waals surface area contributed by atoms with Gasteiger partial charge in [-0.3, -0.25) is 0 Å². The second-order valence-corrected chi connectivity index (χ2v) is 7.10. The fourth-order valence-electron chi connectivity index (χ4n) is 1.50. The molecule has 0 aliphatic carbocycles. The van der Waals surface area contributed by atoms with E-state index in [0.29, 0.717) is 12.1 Å². The topological polar surface area (TPSA) is 66.4 Å². The van der Waals surface area contributed by atoms with Gasteiger partial charge in [0.1, 0.15) is 0 Å². The van der Waals surface area contributed by atoms with Crippen LogP contribution in [0.5, 0.6) is 0 Å². The summed E-state index contributed by atoms with van der Waals surface area (Å²) in [7, 11) is -0.669. The van der Waals surface area contributed by atoms with Crippen LogP contribution in [-0.4, -0.2) is 68.0 Å². The van der Waals surface area contributed by atoms with Crippen LogP contribution in [0.2, 0.25) is 0 Å². The average molecular weight is 351 g/mol. The van der Waals surface area contributed by atoms with E-state index >= 15 is 0 Å². The summed E-state index contributed by atoms with van der Waals surface area (Å²) in [5.41, 5.74) is 0.789. The maximum absolute atomic E-state index is 13.8. The SMILES string of the molecule is CN(C)CCN(F)S(=O)(=O)c1cccc2n[se]nc12. The number of hydrogen-bond acceptors (Lipinski definition) is 5. The van der Waals surface area contributed by atoms with E-state index in [1.807, 2.05) is 0 Å². The molecule has 0 N–H and O–H groups in total. The molecule has 1 aromatic carbocycles. The summed E-state index contributed by atoms with van der Waals surface area (Å²) in [4.78, 5) is 1.59. The number of sulfonamides is 1. The summed E-state index contributed by atoms with van der Waals surface area (Å²) in [6.45, 7) is 0.0808. The van der Waals surface area contributed by atoms with E-state index in [0.717, 1.165) is 0 Å². The van der Waals surface area contributed by atoms with E-state index in [1.165, 1.54) is 6.07 Å². The van der Waals surface area contributed by atoms with Crippen molar-refractivity contribution in [1.82, 2.24) is 17.4 Å².